The molecule has 2 aromatic heterocycles. The highest BCUT2D eigenvalue weighted by molar-refractivity contribution is 8.00. The van der Waals surface area contributed by atoms with Crippen LogP contribution in [0.1, 0.15) is 55.4 Å². The highest BCUT2D eigenvalue weighted by Gasteiger charge is 2.32. The number of thioether (sulfide) groups is 2. The number of anilines is 2. The van der Waals surface area contributed by atoms with E-state index >= 15 is 0 Å². The standard InChI is InChI=1S/C18H16F3NO5S2.C14H12F3NO2S.C4H4O3S/c1-2-12-7-13(17(29-12)22-14(23)8-28-9-15(24)25)16(26)10-3-5-11(6-4-10)27-18(19,20)21;1-2-10-7-11(13(18)21-10)12(19)8-3-5-9(6-4-8)20-14(15,16)17;5-3-1-8-2-4(6)7-3/h3-7H,2,8-9H2,1H3,(H,22,23)(H,24,25);3-7H,2,18H2,1H3;1-2H2. The molecule has 312 valence electrons. The number of carbonyl (C=O) groups excluding carboxylic acids is 5. The monoisotopic (exact) mass is 894 g/mol. The molecule has 0 bridgehead atoms. The minimum atomic E-state index is -4.83. The number of amides is 1. The fraction of sp³-hybridized carbons (Fsp3) is 0.278. The van der Waals surface area contributed by atoms with Crippen LogP contribution in [0.5, 0.6) is 11.5 Å². The Hall–Kier alpha value is -5.06. The maximum atomic E-state index is 12.8. The molecule has 5 rings (SSSR count). The predicted molar refractivity (Wildman–Crippen MR) is 207 cm³/mol. The van der Waals surface area contributed by atoms with Gasteiger partial charge in [0.2, 0.25) is 5.91 Å². The van der Waals surface area contributed by atoms with Crippen LogP contribution < -0.4 is 20.5 Å². The minimum absolute atomic E-state index is 0.0945. The lowest BCUT2D eigenvalue weighted by Gasteiger charge is -2.09. The highest BCUT2D eigenvalue weighted by atomic mass is 32.2. The number of ether oxygens (including phenoxy) is 3. The van der Waals surface area contributed by atoms with Gasteiger partial charge in [-0.05, 0) is 73.5 Å². The molecule has 0 radical (unpaired) electrons. The first-order valence-electron chi connectivity index (χ1n) is 16.4. The van der Waals surface area contributed by atoms with Crippen molar-refractivity contribution in [1.82, 2.24) is 0 Å². The Bertz CT molecular complexity index is 2070. The van der Waals surface area contributed by atoms with Crippen molar-refractivity contribution in [2.45, 2.75) is 39.4 Å². The molecule has 0 unspecified atom stereocenters. The van der Waals surface area contributed by atoms with E-state index in [-0.39, 0.29) is 39.7 Å². The Morgan fingerprint density at radius 1 is 0.759 bits per heavy atom. The third kappa shape index (κ3) is 16.1. The topological polar surface area (TPSA) is 188 Å². The van der Waals surface area contributed by atoms with Gasteiger partial charge in [-0.15, -0.1) is 72.5 Å². The van der Waals surface area contributed by atoms with Gasteiger partial charge in [0.1, 0.15) is 16.5 Å². The zero-order valence-electron chi connectivity index (χ0n) is 30.1. The number of thiophene rings is 2. The number of ketones is 2. The van der Waals surface area contributed by atoms with Gasteiger partial charge in [-0.2, -0.15) is 0 Å². The van der Waals surface area contributed by atoms with Crippen LogP contribution in [-0.4, -0.2) is 76.2 Å². The van der Waals surface area contributed by atoms with Gasteiger partial charge in [0.25, 0.3) is 0 Å². The minimum Gasteiger partial charge on any atom is -0.481 e. The van der Waals surface area contributed by atoms with Crippen LogP contribution in [0, 0.1) is 0 Å². The van der Waals surface area contributed by atoms with E-state index in [2.05, 4.69) is 19.5 Å². The number of nitrogen functional groups attached to an aromatic ring is 1. The Balaban J connectivity index is 0.000000268. The second kappa shape index (κ2) is 21.6. The van der Waals surface area contributed by atoms with Crippen LogP contribution in [0.25, 0.3) is 0 Å². The van der Waals surface area contributed by atoms with Gasteiger partial charge in [0, 0.05) is 20.9 Å². The van der Waals surface area contributed by atoms with Crippen molar-refractivity contribution in [1.29, 1.82) is 0 Å². The maximum Gasteiger partial charge on any atom is 0.573 e. The number of rotatable bonds is 13. The van der Waals surface area contributed by atoms with Crippen LogP contribution in [0.3, 0.4) is 0 Å². The third-order valence-corrected chi connectivity index (χ3v) is 11.0. The van der Waals surface area contributed by atoms with Gasteiger partial charge in [-0.25, -0.2) is 0 Å². The Morgan fingerprint density at radius 2 is 1.21 bits per heavy atom. The number of aryl methyl sites for hydroxylation is 2. The molecule has 1 aliphatic heterocycles. The summed E-state index contributed by atoms with van der Waals surface area (Å²) < 4.78 is 84.6. The lowest BCUT2D eigenvalue weighted by atomic mass is 10.0. The van der Waals surface area contributed by atoms with E-state index in [4.69, 9.17) is 10.8 Å². The van der Waals surface area contributed by atoms with Crippen LogP contribution in [0.2, 0.25) is 0 Å². The number of carbonyl (C=O) groups is 6. The second-order valence-corrected chi connectivity index (χ2v) is 15.5. The molecule has 0 saturated carbocycles. The number of esters is 2. The molecule has 12 nitrogen and oxygen atoms in total. The summed E-state index contributed by atoms with van der Waals surface area (Å²) in [6, 6.07) is 12.6. The first-order valence-corrected chi connectivity index (χ1v) is 20.3. The second-order valence-electron chi connectivity index (χ2n) is 11.2. The molecule has 1 amide bonds. The molecule has 1 aliphatic rings. The van der Waals surface area contributed by atoms with Gasteiger partial charge < -0.3 is 30.4 Å². The summed E-state index contributed by atoms with van der Waals surface area (Å²) >= 11 is 4.75. The number of carboxylic acid groups (broad SMARTS) is 1. The molecule has 4 aromatic rings. The first kappa shape index (κ1) is 47.3. The number of hydrogen-bond donors (Lipinski definition) is 3. The molecule has 58 heavy (non-hydrogen) atoms. The number of alkyl halides is 6. The van der Waals surface area contributed by atoms with E-state index in [1.807, 2.05) is 13.8 Å². The molecule has 0 spiro atoms. The largest absolute Gasteiger partial charge is 0.573 e. The number of cyclic esters (lactones) is 2. The molecular formula is C36H32F6N2O10S4. The Kier molecular flexibility index (Phi) is 17.6. The van der Waals surface area contributed by atoms with E-state index in [1.165, 1.54) is 58.7 Å². The summed E-state index contributed by atoms with van der Waals surface area (Å²) in [5.74, 6) is -3.64. The quantitative estimate of drug-likeness (QED) is 0.0507. The van der Waals surface area contributed by atoms with Gasteiger partial charge in [0.15, 0.2) is 11.6 Å². The molecule has 3 heterocycles. The fourth-order valence-electron chi connectivity index (χ4n) is 4.41. The average Bonchev–Trinajstić information content (AvgIpc) is 3.73. The molecule has 4 N–H and O–H groups in total. The van der Waals surface area contributed by atoms with Crippen molar-refractivity contribution in [2.24, 2.45) is 0 Å². The van der Waals surface area contributed by atoms with Crippen molar-refractivity contribution in [2.75, 3.05) is 34.1 Å². The zero-order chi connectivity index (χ0) is 43.2. The number of hydrogen-bond acceptors (Lipinski definition) is 14. The van der Waals surface area contributed by atoms with E-state index in [1.54, 1.807) is 12.1 Å². The van der Waals surface area contributed by atoms with Crippen LogP contribution >= 0.6 is 46.2 Å². The third-order valence-electron chi connectivity index (χ3n) is 6.86. The molecule has 0 aliphatic carbocycles. The molecule has 2 aromatic carbocycles. The zero-order valence-corrected chi connectivity index (χ0v) is 33.4. The Labute approximate surface area is 342 Å². The summed E-state index contributed by atoms with van der Waals surface area (Å²) in [7, 11) is 0. The van der Waals surface area contributed by atoms with E-state index in [0.717, 1.165) is 52.2 Å². The van der Waals surface area contributed by atoms with Crippen molar-refractivity contribution < 1.29 is 74.4 Å². The molecule has 1 fully saturated rings. The number of aliphatic carboxylic acids is 1. The molecular weight excluding hydrogens is 863 g/mol. The summed E-state index contributed by atoms with van der Waals surface area (Å²) in [6.07, 6.45) is -8.20. The van der Waals surface area contributed by atoms with Crippen molar-refractivity contribution in [3.63, 3.8) is 0 Å². The lowest BCUT2D eigenvalue weighted by molar-refractivity contribution is -0.275. The summed E-state index contributed by atoms with van der Waals surface area (Å²) in [4.78, 5) is 69.8. The van der Waals surface area contributed by atoms with Crippen LogP contribution in [0.4, 0.5) is 36.3 Å². The van der Waals surface area contributed by atoms with E-state index < -0.39 is 48.1 Å². The average molecular weight is 895 g/mol. The van der Waals surface area contributed by atoms with Crippen molar-refractivity contribution in [3.05, 3.63) is 92.7 Å². The normalized spacial score (nSPS) is 12.6. The summed E-state index contributed by atoms with van der Waals surface area (Å²) in [5, 5.41) is 11.9. The molecule has 1 saturated heterocycles. The SMILES string of the molecule is CCc1cc(C(=O)c2ccc(OC(F)(F)F)cc2)c(N)s1.CCc1cc(C(=O)c2ccc(OC(F)(F)F)cc2)c(NC(=O)CSCC(=O)O)s1.O=C1CSCC(=O)O1. The number of halogens is 6. The number of nitrogens with two attached hydrogens (primary N) is 1. The number of nitrogens with one attached hydrogen (secondary N) is 1. The number of benzene rings is 2. The fourth-order valence-corrected chi connectivity index (χ4v) is 7.37. The van der Waals surface area contributed by atoms with E-state index in [9.17, 15) is 55.1 Å². The van der Waals surface area contributed by atoms with Crippen molar-refractivity contribution >= 4 is 91.6 Å². The van der Waals surface area contributed by atoms with Gasteiger partial charge in [-0.3, -0.25) is 28.8 Å². The molecule has 0 atom stereocenters. The first-order chi connectivity index (χ1) is 27.2. The highest BCUT2D eigenvalue weighted by Crippen LogP contribution is 2.32. The number of carboxylic acids is 1. The summed E-state index contributed by atoms with van der Waals surface area (Å²) in [5.41, 5.74) is 6.78. The van der Waals surface area contributed by atoms with Crippen LogP contribution in [0.15, 0.2) is 60.7 Å². The van der Waals surface area contributed by atoms with E-state index in [0.29, 0.717) is 33.5 Å². The van der Waals surface area contributed by atoms with Crippen molar-refractivity contribution in [3.8, 4) is 11.5 Å². The lowest BCUT2D eigenvalue weighted by Crippen LogP contribution is -2.21. The summed E-state index contributed by atoms with van der Waals surface area (Å²) in [6.45, 7) is 3.82. The Morgan fingerprint density at radius 3 is 1.60 bits per heavy atom. The van der Waals surface area contributed by atoms with Gasteiger partial charge >= 0.3 is 30.6 Å². The smallest absolute Gasteiger partial charge is 0.481 e. The maximum absolute atomic E-state index is 12.8. The van der Waals surface area contributed by atoms with Gasteiger partial charge in [-0.1, -0.05) is 13.8 Å². The molecule has 22 heteroatoms. The van der Waals surface area contributed by atoms with Gasteiger partial charge in [0.05, 0.1) is 39.1 Å². The predicted octanol–water partition coefficient (Wildman–Crippen LogP) is 8.02. The van der Waals surface area contributed by atoms with Crippen LogP contribution in [-0.2, 0) is 36.8 Å².